The Morgan fingerprint density at radius 2 is 2.19 bits per heavy atom. The van der Waals surface area contributed by atoms with Gasteiger partial charge in [0.15, 0.2) is 0 Å². The van der Waals surface area contributed by atoms with Gasteiger partial charge in [-0.3, -0.25) is 9.69 Å². The summed E-state index contributed by atoms with van der Waals surface area (Å²) in [5.74, 6) is 0.937. The number of para-hydroxylation sites is 1. The van der Waals surface area contributed by atoms with Gasteiger partial charge in [-0.1, -0.05) is 18.2 Å². The molecule has 1 saturated carbocycles. The molecule has 1 heterocycles. The van der Waals surface area contributed by atoms with E-state index in [0.29, 0.717) is 25.7 Å². The average molecular weight is 290 g/mol. The third-order valence-corrected chi connectivity index (χ3v) is 4.04. The van der Waals surface area contributed by atoms with Crippen LogP contribution >= 0.6 is 0 Å². The molecule has 5 heteroatoms. The summed E-state index contributed by atoms with van der Waals surface area (Å²) in [7, 11) is 0. The number of fused-ring (bicyclic) bond motifs is 1. The average Bonchev–Trinajstić information content (AvgIpc) is 3.24. The molecule has 1 aliphatic carbocycles. The normalized spacial score (nSPS) is 20.2. The van der Waals surface area contributed by atoms with Crippen molar-refractivity contribution in [1.82, 2.24) is 10.2 Å². The molecule has 0 bridgehead atoms. The summed E-state index contributed by atoms with van der Waals surface area (Å²) in [4.78, 5) is 14.1. The maximum Gasteiger partial charge on any atom is 0.234 e. The molecule has 1 unspecified atom stereocenters. The Kier molecular flexibility index (Phi) is 4.41. The van der Waals surface area contributed by atoms with Crippen LogP contribution in [0.25, 0.3) is 0 Å². The van der Waals surface area contributed by atoms with Gasteiger partial charge in [0.25, 0.3) is 0 Å². The summed E-state index contributed by atoms with van der Waals surface area (Å²) < 4.78 is 5.80. The van der Waals surface area contributed by atoms with Gasteiger partial charge in [-0.05, 0) is 24.5 Å². The number of hydrogen-bond acceptors (Lipinski definition) is 4. The molecule has 1 aliphatic heterocycles. The molecule has 1 aromatic carbocycles. The van der Waals surface area contributed by atoms with Crippen LogP contribution in [0.2, 0.25) is 0 Å². The maximum atomic E-state index is 12.0. The molecule has 3 rings (SSSR count). The number of hydrogen-bond donors (Lipinski definition) is 2. The number of carbonyl (C=O) groups is 1. The molecule has 1 amide bonds. The van der Waals surface area contributed by atoms with E-state index in [1.807, 2.05) is 18.2 Å². The number of amides is 1. The molecule has 5 nitrogen and oxygen atoms in total. The standard InChI is InChI=1S/C16H22N2O3/c19-8-7-18(13-5-6-13)11-16(20)17-10-14-9-12-3-1-2-4-15(12)21-14/h1-4,13-14,19H,5-11H2,(H,17,20). The minimum atomic E-state index is 0.00917. The SMILES string of the molecule is O=C(CN(CCO)C1CC1)NCC1Cc2ccccc2O1. The van der Waals surface area contributed by atoms with Gasteiger partial charge in [0.05, 0.1) is 19.7 Å². The van der Waals surface area contributed by atoms with E-state index in [9.17, 15) is 4.79 Å². The zero-order valence-corrected chi connectivity index (χ0v) is 12.1. The van der Waals surface area contributed by atoms with E-state index in [1.54, 1.807) is 0 Å². The summed E-state index contributed by atoms with van der Waals surface area (Å²) in [5, 5.41) is 12.0. The van der Waals surface area contributed by atoms with Crippen molar-refractivity contribution in [2.45, 2.75) is 31.4 Å². The van der Waals surface area contributed by atoms with Gasteiger partial charge >= 0.3 is 0 Å². The van der Waals surface area contributed by atoms with Gasteiger partial charge in [0.2, 0.25) is 5.91 Å². The van der Waals surface area contributed by atoms with Crippen LogP contribution in [-0.4, -0.2) is 54.3 Å². The molecule has 0 spiro atoms. The number of aliphatic hydroxyl groups is 1. The minimum Gasteiger partial charge on any atom is -0.488 e. The van der Waals surface area contributed by atoms with Crippen LogP contribution in [0.5, 0.6) is 5.75 Å². The molecule has 0 saturated heterocycles. The monoisotopic (exact) mass is 290 g/mol. The summed E-state index contributed by atoms with van der Waals surface area (Å²) in [6, 6.07) is 8.48. The van der Waals surface area contributed by atoms with Gasteiger partial charge in [-0.25, -0.2) is 0 Å². The Hall–Kier alpha value is -1.59. The molecular weight excluding hydrogens is 268 g/mol. The van der Waals surface area contributed by atoms with Crippen molar-refractivity contribution in [1.29, 1.82) is 0 Å². The largest absolute Gasteiger partial charge is 0.488 e. The Morgan fingerprint density at radius 3 is 2.90 bits per heavy atom. The van der Waals surface area contributed by atoms with Crippen LogP contribution in [0.1, 0.15) is 18.4 Å². The second-order valence-corrected chi connectivity index (χ2v) is 5.78. The third kappa shape index (κ3) is 3.74. The molecule has 2 aliphatic rings. The number of aliphatic hydroxyl groups excluding tert-OH is 1. The highest BCUT2D eigenvalue weighted by molar-refractivity contribution is 5.78. The smallest absolute Gasteiger partial charge is 0.234 e. The second kappa shape index (κ2) is 6.45. The molecule has 0 radical (unpaired) electrons. The van der Waals surface area contributed by atoms with Crippen LogP contribution in [0.15, 0.2) is 24.3 Å². The zero-order chi connectivity index (χ0) is 14.7. The van der Waals surface area contributed by atoms with E-state index < -0.39 is 0 Å². The number of nitrogens with one attached hydrogen (secondary N) is 1. The lowest BCUT2D eigenvalue weighted by Gasteiger charge is -2.20. The van der Waals surface area contributed by atoms with Gasteiger partial charge in [-0.15, -0.1) is 0 Å². The van der Waals surface area contributed by atoms with Crippen LogP contribution in [0.4, 0.5) is 0 Å². The lowest BCUT2D eigenvalue weighted by molar-refractivity contribution is -0.122. The Bertz CT molecular complexity index is 477. The fourth-order valence-electron chi connectivity index (χ4n) is 2.79. The van der Waals surface area contributed by atoms with Crippen LogP contribution in [0, 0.1) is 0 Å². The van der Waals surface area contributed by atoms with Gasteiger partial charge in [-0.2, -0.15) is 0 Å². The number of benzene rings is 1. The quantitative estimate of drug-likeness (QED) is 0.770. The van der Waals surface area contributed by atoms with E-state index in [2.05, 4.69) is 16.3 Å². The molecule has 2 N–H and O–H groups in total. The molecule has 114 valence electrons. The van der Waals surface area contributed by atoms with Crippen molar-refractivity contribution in [2.24, 2.45) is 0 Å². The molecule has 1 aromatic rings. The number of ether oxygens (including phenoxy) is 1. The summed E-state index contributed by atoms with van der Waals surface area (Å²) in [6.45, 7) is 1.57. The highest BCUT2D eigenvalue weighted by atomic mass is 16.5. The van der Waals surface area contributed by atoms with Gasteiger partial charge < -0.3 is 15.2 Å². The third-order valence-electron chi connectivity index (χ3n) is 4.04. The van der Waals surface area contributed by atoms with Gasteiger partial charge in [0, 0.05) is 19.0 Å². The molecular formula is C16H22N2O3. The first kappa shape index (κ1) is 14.4. The molecule has 21 heavy (non-hydrogen) atoms. The van der Waals surface area contributed by atoms with E-state index in [-0.39, 0.29) is 18.6 Å². The first-order chi connectivity index (χ1) is 10.3. The van der Waals surface area contributed by atoms with E-state index in [1.165, 1.54) is 5.56 Å². The van der Waals surface area contributed by atoms with Crippen LogP contribution < -0.4 is 10.1 Å². The molecule has 1 atom stereocenters. The summed E-state index contributed by atoms with van der Waals surface area (Å²) in [6.07, 6.45) is 3.14. The van der Waals surface area contributed by atoms with Crippen molar-refractivity contribution >= 4 is 5.91 Å². The maximum absolute atomic E-state index is 12.0. The first-order valence-electron chi connectivity index (χ1n) is 7.62. The first-order valence-corrected chi connectivity index (χ1v) is 7.62. The highest BCUT2D eigenvalue weighted by Gasteiger charge is 2.30. The van der Waals surface area contributed by atoms with Crippen LogP contribution in [0.3, 0.4) is 0 Å². The topological polar surface area (TPSA) is 61.8 Å². The minimum absolute atomic E-state index is 0.00917. The van der Waals surface area contributed by atoms with Crippen molar-refractivity contribution < 1.29 is 14.6 Å². The van der Waals surface area contributed by atoms with E-state index in [4.69, 9.17) is 9.84 Å². The van der Waals surface area contributed by atoms with Crippen molar-refractivity contribution in [3.05, 3.63) is 29.8 Å². The molecule has 1 fully saturated rings. The number of rotatable bonds is 7. The fourth-order valence-corrected chi connectivity index (χ4v) is 2.79. The summed E-state index contributed by atoms with van der Waals surface area (Å²) in [5.41, 5.74) is 1.21. The highest BCUT2D eigenvalue weighted by Crippen LogP contribution is 2.28. The Morgan fingerprint density at radius 1 is 1.38 bits per heavy atom. The van der Waals surface area contributed by atoms with E-state index in [0.717, 1.165) is 25.0 Å². The Labute approximate surface area is 124 Å². The van der Waals surface area contributed by atoms with E-state index >= 15 is 0 Å². The second-order valence-electron chi connectivity index (χ2n) is 5.78. The molecule has 0 aromatic heterocycles. The predicted molar refractivity (Wildman–Crippen MR) is 79.3 cm³/mol. The zero-order valence-electron chi connectivity index (χ0n) is 12.1. The van der Waals surface area contributed by atoms with Crippen molar-refractivity contribution in [3.8, 4) is 5.75 Å². The Balaban J connectivity index is 1.42. The summed E-state index contributed by atoms with van der Waals surface area (Å²) >= 11 is 0. The predicted octanol–water partition coefficient (Wildman–Crippen LogP) is 0.563. The van der Waals surface area contributed by atoms with Crippen molar-refractivity contribution in [2.75, 3.05) is 26.2 Å². The fraction of sp³-hybridized carbons (Fsp3) is 0.562. The number of carbonyl (C=O) groups excluding carboxylic acids is 1. The number of nitrogens with zero attached hydrogens (tertiary/aromatic N) is 1. The van der Waals surface area contributed by atoms with Crippen molar-refractivity contribution in [3.63, 3.8) is 0 Å². The lowest BCUT2D eigenvalue weighted by atomic mass is 10.1. The van der Waals surface area contributed by atoms with Crippen LogP contribution in [-0.2, 0) is 11.2 Å². The van der Waals surface area contributed by atoms with Gasteiger partial charge in [0.1, 0.15) is 11.9 Å². The lowest BCUT2D eigenvalue weighted by Crippen LogP contribution is -2.42.